The van der Waals surface area contributed by atoms with Crippen molar-refractivity contribution in [3.05, 3.63) is 18.2 Å². The topological polar surface area (TPSA) is 152 Å². The lowest BCUT2D eigenvalue weighted by molar-refractivity contribution is 0.0211. The van der Waals surface area contributed by atoms with Crippen LogP contribution in [-0.4, -0.2) is 101 Å². The summed E-state index contributed by atoms with van der Waals surface area (Å²) in [5.74, 6) is -0.771. The van der Waals surface area contributed by atoms with Gasteiger partial charge in [0.15, 0.2) is 18.2 Å². The molecule has 15 heteroatoms. The van der Waals surface area contributed by atoms with Crippen molar-refractivity contribution in [2.24, 2.45) is 0 Å². The van der Waals surface area contributed by atoms with Gasteiger partial charge in [0, 0.05) is 44.1 Å². The second-order valence-corrected chi connectivity index (χ2v) is 8.52. The van der Waals surface area contributed by atoms with Gasteiger partial charge in [-0.05, 0) is 12.8 Å². The number of aliphatic hydroxyl groups excluding tert-OH is 1. The Bertz CT molecular complexity index is 1060. The van der Waals surface area contributed by atoms with E-state index in [2.05, 4.69) is 30.0 Å². The van der Waals surface area contributed by atoms with E-state index >= 15 is 4.39 Å². The molecule has 2 aromatic rings. The number of carbonyl (C=O) groups is 1. The first-order valence-corrected chi connectivity index (χ1v) is 11.4. The van der Waals surface area contributed by atoms with E-state index < -0.39 is 37.1 Å². The molecule has 0 aliphatic carbocycles. The summed E-state index contributed by atoms with van der Waals surface area (Å²) >= 11 is 0. The lowest BCUT2D eigenvalue weighted by Crippen LogP contribution is -2.57. The number of hydrogen-bond donors (Lipinski definition) is 3. The smallest absolute Gasteiger partial charge is 0.410 e. The van der Waals surface area contributed by atoms with E-state index in [0.717, 1.165) is 0 Å². The van der Waals surface area contributed by atoms with Gasteiger partial charge >= 0.3 is 6.09 Å². The number of rotatable bonds is 7. The number of alkyl halides is 2. The molecule has 0 spiro atoms. The van der Waals surface area contributed by atoms with Crippen LogP contribution in [0, 0.1) is 5.82 Å². The lowest BCUT2D eigenvalue weighted by atomic mass is 9.89. The number of ether oxygens (including phenoxy) is 2. The van der Waals surface area contributed by atoms with Gasteiger partial charge in [-0.2, -0.15) is 4.98 Å². The van der Waals surface area contributed by atoms with Crippen molar-refractivity contribution >= 4 is 23.8 Å². The van der Waals surface area contributed by atoms with Gasteiger partial charge in [0.2, 0.25) is 11.9 Å². The molecule has 4 heterocycles. The molecule has 4 rings (SSSR count). The van der Waals surface area contributed by atoms with Crippen molar-refractivity contribution in [2.75, 3.05) is 68.6 Å². The maximum Gasteiger partial charge on any atom is 0.410 e. The molecular formula is C21H27F3N8O4. The van der Waals surface area contributed by atoms with Crippen LogP contribution in [0.5, 0.6) is 0 Å². The number of piperidine rings is 1. The van der Waals surface area contributed by atoms with Gasteiger partial charge in [-0.15, -0.1) is 0 Å². The number of halogens is 3. The summed E-state index contributed by atoms with van der Waals surface area (Å²) in [6.07, 6.45) is -0.291. The van der Waals surface area contributed by atoms with Gasteiger partial charge in [-0.1, -0.05) is 0 Å². The molecule has 2 aliphatic rings. The van der Waals surface area contributed by atoms with Crippen molar-refractivity contribution in [1.82, 2.24) is 24.8 Å². The molecule has 196 valence electrons. The highest BCUT2D eigenvalue weighted by Crippen LogP contribution is 2.32. The van der Waals surface area contributed by atoms with Crippen LogP contribution in [0.1, 0.15) is 12.8 Å². The molecule has 2 aromatic heterocycles. The van der Waals surface area contributed by atoms with Gasteiger partial charge in [0.1, 0.15) is 5.69 Å². The quantitative estimate of drug-likeness (QED) is 0.490. The third-order valence-corrected chi connectivity index (χ3v) is 5.93. The summed E-state index contributed by atoms with van der Waals surface area (Å²) in [5, 5.41) is 13.2. The van der Waals surface area contributed by atoms with E-state index in [0.29, 0.717) is 39.1 Å². The molecule has 1 atom stereocenters. The summed E-state index contributed by atoms with van der Waals surface area (Å²) < 4.78 is 50.7. The fraction of sp³-hybridized carbons (Fsp3) is 0.571. The summed E-state index contributed by atoms with van der Waals surface area (Å²) in [6, 6.07) is 0. The number of aliphatic hydroxyl groups is 1. The first-order valence-electron chi connectivity index (χ1n) is 11.4. The van der Waals surface area contributed by atoms with Crippen LogP contribution in [0.15, 0.2) is 12.4 Å². The number of anilines is 3. The van der Waals surface area contributed by atoms with Crippen LogP contribution in [-0.2, 0) is 9.47 Å². The van der Waals surface area contributed by atoms with Crippen LogP contribution in [0.3, 0.4) is 0 Å². The molecular weight excluding hydrogens is 485 g/mol. The molecule has 1 amide bonds. The molecule has 0 bridgehead atoms. The summed E-state index contributed by atoms with van der Waals surface area (Å²) in [5.41, 5.74) is 4.55. The van der Waals surface area contributed by atoms with Crippen LogP contribution in [0.2, 0.25) is 0 Å². The Morgan fingerprint density at radius 2 is 1.97 bits per heavy atom. The number of carbonyl (C=O) groups excluding carboxylic acids is 1. The highest BCUT2D eigenvalue weighted by Gasteiger charge is 2.39. The zero-order chi connectivity index (χ0) is 25.7. The largest absolute Gasteiger partial charge is 0.443 e. The molecule has 2 fully saturated rings. The number of hydrogen-bond acceptors (Lipinski definition) is 11. The Labute approximate surface area is 204 Å². The van der Waals surface area contributed by atoms with E-state index in [9.17, 15) is 18.7 Å². The molecule has 36 heavy (non-hydrogen) atoms. The first kappa shape index (κ1) is 25.6. The zero-order valence-electron chi connectivity index (χ0n) is 19.4. The van der Waals surface area contributed by atoms with Gasteiger partial charge in [-0.25, -0.2) is 32.9 Å². The third-order valence-electron chi connectivity index (χ3n) is 5.93. The minimum atomic E-state index is -2.80. The van der Waals surface area contributed by atoms with Gasteiger partial charge in [0.05, 0.1) is 25.4 Å². The third kappa shape index (κ3) is 5.84. The highest BCUT2D eigenvalue weighted by molar-refractivity contribution is 5.69. The maximum atomic E-state index is 15.7. The van der Waals surface area contributed by atoms with Gasteiger partial charge in [-0.3, -0.25) is 0 Å². The second-order valence-electron chi connectivity index (χ2n) is 8.52. The van der Waals surface area contributed by atoms with Crippen molar-refractivity contribution in [3.8, 4) is 11.3 Å². The predicted octanol–water partition coefficient (Wildman–Crippen LogP) is 1.13. The second kappa shape index (κ2) is 11.1. The monoisotopic (exact) mass is 512 g/mol. The predicted molar refractivity (Wildman–Crippen MR) is 122 cm³/mol. The number of nitrogen functional groups attached to an aromatic ring is 1. The Morgan fingerprint density at radius 3 is 2.64 bits per heavy atom. The molecule has 0 aromatic carbocycles. The fourth-order valence-corrected chi connectivity index (χ4v) is 4.11. The number of nitrogens with two attached hydrogens (primary N) is 1. The Balaban J connectivity index is 1.66. The lowest BCUT2D eigenvalue weighted by Gasteiger charge is -2.42. The number of morpholine rings is 1. The normalized spacial score (nSPS) is 20.5. The van der Waals surface area contributed by atoms with Crippen LogP contribution in [0.25, 0.3) is 11.3 Å². The summed E-state index contributed by atoms with van der Waals surface area (Å²) in [6.45, 7) is 0.468. The average Bonchev–Trinajstić information content (AvgIpc) is 2.89. The minimum absolute atomic E-state index is 0.0141. The Morgan fingerprint density at radius 1 is 1.25 bits per heavy atom. The van der Waals surface area contributed by atoms with E-state index in [4.69, 9.17) is 10.5 Å². The van der Waals surface area contributed by atoms with Crippen LogP contribution in [0.4, 0.5) is 35.7 Å². The average molecular weight is 512 g/mol. The summed E-state index contributed by atoms with van der Waals surface area (Å²) in [4.78, 5) is 31.9. The Kier molecular flexibility index (Phi) is 7.88. The number of likely N-dealkylation sites (tertiary alicyclic amines) is 1. The van der Waals surface area contributed by atoms with E-state index in [1.54, 1.807) is 0 Å². The molecule has 0 saturated carbocycles. The maximum absolute atomic E-state index is 15.7. The molecule has 0 radical (unpaired) electrons. The molecule has 4 N–H and O–H groups in total. The van der Waals surface area contributed by atoms with Crippen LogP contribution < -0.4 is 16.0 Å². The van der Waals surface area contributed by atoms with Gasteiger partial charge < -0.3 is 35.4 Å². The summed E-state index contributed by atoms with van der Waals surface area (Å²) in [7, 11) is 0. The van der Waals surface area contributed by atoms with Crippen molar-refractivity contribution < 1.29 is 32.5 Å². The fourth-order valence-electron chi connectivity index (χ4n) is 4.11. The molecule has 12 nitrogen and oxygen atoms in total. The highest BCUT2D eigenvalue weighted by atomic mass is 19.3. The Hall–Kier alpha value is -3.46. The van der Waals surface area contributed by atoms with E-state index in [-0.39, 0.29) is 42.1 Å². The molecule has 2 aliphatic heterocycles. The standard InChI is InChI=1S/C21H27F3N8O4/c22-14(23)10-36-20(34)32-3-1-2-21(11-32,12-33)30-17-15(24)16(13-8-26-18(25)27-9-13)28-19(29-17)31-4-6-35-7-5-31/h8-9,14,33H,1-7,10-12H2,(H2,25,26,27)(H,28,29,30)/t21-/m0/s1. The number of aromatic nitrogens is 4. The zero-order valence-corrected chi connectivity index (χ0v) is 19.4. The number of amides is 1. The van der Waals surface area contributed by atoms with E-state index in [1.807, 2.05) is 4.90 Å². The van der Waals surface area contributed by atoms with E-state index in [1.165, 1.54) is 17.3 Å². The SMILES string of the molecule is Nc1ncc(-c2nc(N3CCOCC3)nc(N[C@@]3(CO)CCCN(C(=O)OCC(F)F)C3)c2F)cn1. The first-order chi connectivity index (χ1) is 17.3. The van der Waals surface area contributed by atoms with Crippen molar-refractivity contribution in [2.45, 2.75) is 24.8 Å². The molecule has 0 unspecified atom stereocenters. The van der Waals surface area contributed by atoms with Crippen LogP contribution >= 0.6 is 0 Å². The molecule has 2 saturated heterocycles. The van der Waals surface area contributed by atoms with Gasteiger partial charge in [0.25, 0.3) is 6.43 Å². The number of nitrogens with one attached hydrogen (secondary N) is 1. The minimum Gasteiger partial charge on any atom is -0.443 e. The number of nitrogens with zero attached hydrogens (tertiary/aromatic N) is 6. The van der Waals surface area contributed by atoms with Crippen molar-refractivity contribution in [1.29, 1.82) is 0 Å². The van der Waals surface area contributed by atoms with Crippen molar-refractivity contribution in [3.63, 3.8) is 0 Å².